The fourth-order valence-corrected chi connectivity index (χ4v) is 3.17. The number of rotatable bonds is 6. The molecule has 0 heterocycles. The zero-order valence-corrected chi connectivity index (χ0v) is 12.9. The standard InChI is InChI=1S/C18H29NO/c1-14-5-3-6-16(11-14)10-9-15(2)19-13-17-7-4-8-18(20)12-17/h3,5-6,11,15,17-20H,4,7-10,12-13H2,1-2H3. The van der Waals surface area contributed by atoms with Crippen molar-refractivity contribution in [1.29, 1.82) is 0 Å². The van der Waals surface area contributed by atoms with Gasteiger partial charge < -0.3 is 10.4 Å². The molecule has 112 valence electrons. The Morgan fingerprint density at radius 3 is 2.95 bits per heavy atom. The van der Waals surface area contributed by atoms with Crippen LogP contribution in [-0.4, -0.2) is 23.8 Å². The summed E-state index contributed by atoms with van der Waals surface area (Å²) in [4.78, 5) is 0. The molecule has 1 aliphatic carbocycles. The average molecular weight is 275 g/mol. The summed E-state index contributed by atoms with van der Waals surface area (Å²) in [5, 5.41) is 13.3. The van der Waals surface area contributed by atoms with Crippen LogP contribution in [0.2, 0.25) is 0 Å². The predicted molar refractivity (Wildman–Crippen MR) is 84.9 cm³/mol. The summed E-state index contributed by atoms with van der Waals surface area (Å²) in [5.74, 6) is 0.667. The van der Waals surface area contributed by atoms with Crippen LogP contribution in [0.5, 0.6) is 0 Å². The van der Waals surface area contributed by atoms with E-state index in [1.54, 1.807) is 0 Å². The number of hydrogen-bond donors (Lipinski definition) is 2. The molecule has 20 heavy (non-hydrogen) atoms. The molecule has 3 atom stereocenters. The van der Waals surface area contributed by atoms with Crippen molar-refractivity contribution in [3.05, 3.63) is 35.4 Å². The molecule has 1 saturated carbocycles. The van der Waals surface area contributed by atoms with Crippen molar-refractivity contribution in [2.75, 3.05) is 6.54 Å². The van der Waals surface area contributed by atoms with Crippen LogP contribution in [0.1, 0.15) is 50.2 Å². The van der Waals surface area contributed by atoms with Gasteiger partial charge in [-0.05, 0) is 64.0 Å². The number of aliphatic hydroxyl groups is 1. The van der Waals surface area contributed by atoms with Gasteiger partial charge in [0.15, 0.2) is 0 Å². The van der Waals surface area contributed by atoms with E-state index in [0.717, 1.165) is 25.8 Å². The van der Waals surface area contributed by atoms with Crippen LogP contribution in [0, 0.1) is 12.8 Å². The van der Waals surface area contributed by atoms with Gasteiger partial charge in [-0.2, -0.15) is 0 Å². The lowest BCUT2D eigenvalue weighted by Gasteiger charge is -2.27. The second kappa shape index (κ2) is 7.80. The van der Waals surface area contributed by atoms with E-state index in [2.05, 4.69) is 43.4 Å². The van der Waals surface area contributed by atoms with E-state index in [0.29, 0.717) is 12.0 Å². The summed E-state index contributed by atoms with van der Waals surface area (Å²) in [6, 6.07) is 9.35. The Balaban J connectivity index is 1.66. The monoisotopic (exact) mass is 275 g/mol. The highest BCUT2D eigenvalue weighted by atomic mass is 16.3. The molecule has 0 saturated heterocycles. The molecule has 0 aromatic heterocycles. The van der Waals surface area contributed by atoms with Crippen molar-refractivity contribution >= 4 is 0 Å². The van der Waals surface area contributed by atoms with Gasteiger partial charge >= 0.3 is 0 Å². The molecule has 1 aliphatic rings. The Hall–Kier alpha value is -0.860. The molecule has 0 aliphatic heterocycles. The van der Waals surface area contributed by atoms with Gasteiger partial charge in [0.05, 0.1) is 6.10 Å². The molecule has 2 N–H and O–H groups in total. The first kappa shape index (κ1) is 15.5. The smallest absolute Gasteiger partial charge is 0.0543 e. The largest absolute Gasteiger partial charge is 0.393 e. The van der Waals surface area contributed by atoms with Crippen molar-refractivity contribution in [3.63, 3.8) is 0 Å². The number of aliphatic hydroxyl groups excluding tert-OH is 1. The third-order valence-electron chi connectivity index (χ3n) is 4.46. The minimum absolute atomic E-state index is 0.0573. The molecule has 0 amide bonds. The zero-order chi connectivity index (χ0) is 14.4. The minimum Gasteiger partial charge on any atom is -0.393 e. The Labute approximate surface area is 123 Å². The van der Waals surface area contributed by atoms with Gasteiger partial charge in [-0.15, -0.1) is 0 Å². The first-order valence-electron chi connectivity index (χ1n) is 8.10. The maximum Gasteiger partial charge on any atom is 0.0543 e. The molecular formula is C18H29NO. The highest BCUT2D eigenvalue weighted by molar-refractivity contribution is 5.22. The Kier molecular flexibility index (Phi) is 6.06. The van der Waals surface area contributed by atoms with E-state index < -0.39 is 0 Å². The van der Waals surface area contributed by atoms with Crippen molar-refractivity contribution in [2.45, 2.75) is 64.5 Å². The first-order valence-corrected chi connectivity index (χ1v) is 8.10. The molecule has 0 bridgehead atoms. The molecule has 0 spiro atoms. The topological polar surface area (TPSA) is 32.3 Å². The summed E-state index contributed by atoms with van der Waals surface area (Å²) < 4.78 is 0. The van der Waals surface area contributed by atoms with Gasteiger partial charge in [-0.25, -0.2) is 0 Å². The Morgan fingerprint density at radius 2 is 2.20 bits per heavy atom. The molecule has 1 aromatic carbocycles. The molecule has 2 nitrogen and oxygen atoms in total. The molecule has 2 rings (SSSR count). The van der Waals surface area contributed by atoms with Gasteiger partial charge in [0.1, 0.15) is 0 Å². The van der Waals surface area contributed by atoms with Gasteiger partial charge in [0.2, 0.25) is 0 Å². The number of benzene rings is 1. The third kappa shape index (κ3) is 5.26. The summed E-state index contributed by atoms with van der Waals surface area (Å²) in [6.45, 7) is 5.49. The van der Waals surface area contributed by atoms with Crippen LogP contribution in [-0.2, 0) is 6.42 Å². The van der Waals surface area contributed by atoms with Gasteiger partial charge in [-0.3, -0.25) is 0 Å². The maximum atomic E-state index is 9.70. The Morgan fingerprint density at radius 1 is 1.35 bits per heavy atom. The van der Waals surface area contributed by atoms with Gasteiger partial charge in [0.25, 0.3) is 0 Å². The zero-order valence-electron chi connectivity index (χ0n) is 12.9. The molecule has 1 fully saturated rings. The summed E-state index contributed by atoms with van der Waals surface area (Å²) in [5.41, 5.74) is 2.78. The predicted octanol–water partition coefficient (Wildman–Crippen LogP) is 3.46. The lowest BCUT2D eigenvalue weighted by molar-refractivity contribution is 0.0997. The molecule has 0 radical (unpaired) electrons. The van der Waals surface area contributed by atoms with Crippen LogP contribution >= 0.6 is 0 Å². The minimum atomic E-state index is -0.0573. The third-order valence-corrected chi connectivity index (χ3v) is 4.46. The number of nitrogens with one attached hydrogen (secondary N) is 1. The van der Waals surface area contributed by atoms with E-state index in [-0.39, 0.29) is 6.10 Å². The molecular weight excluding hydrogens is 246 g/mol. The van der Waals surface area contributed by atoms with E-state index in [4.69, 9.17) is 0 Å². The summed E-state index contributed by atoms with van der Waals surface area (Å²) in [7, 11) is 0. The molecule has 3 unspecified atom stereocenters. The quantitative estimate of drug-likeness (QED) is 0.833. The average Bonchev–Trinajstić information content (AvgIpc) is 2.43. The summed E-state index contributed by atoms with van der Waals surface area (Å²) >= 11 is 0. The number of hydrogen-bond acceptors (Lipinski definition) is 2. The first-order chi connectivity index (χ1) is 9.63. The van der Waals surface area contributed by atoms with Crippen molar-refractivity contribution < 1.29 is 5.11 Å². The van der Waals surface area contributed by atoms with Gasteiger partial charge in [-0.1, -0.05) is 36.2 Å². The van der Waals surface area contributed by atoms with Crippen LogP contribution < -0.4 is 5.32 Å². The highest BCUT2D eigenvalue weighted by Gasteiger charge is 2.20. The SMILES string of the molecule is Cc1cccc(CCC(C)NCC2CCCC(O)C2)c1. The second-order valence-corrected chi connectivity index (χ2v) is 6.52. The highest BCUT2D eigenvalue weighted by Crippen LogP contribution is 2.23. The van der Waals surface area contributed by atoms with E-state index >= 15 is 0 Å². The maximum absolute atomic E-state index is 9.70. The molecule has 2 heteroatoms. The number of aryl methyl sites for hydroxylation is 2. The second-order valence-electron chi connectivity index (χ2n) is 6.52. The van der Waals surface area contributed by atoms with Crippen molar-refractivity contribution in [2.24, 2.45) is 5.92 Å². The van der Waals surface area contributed by atoms with E-state index in [9.17, 15) is 5.11 Å². The van der Waals surface area contributed by atoms with Crippen LogP contribution in [0.4, 0.5) is 0 Å². The fraction of sp³-hybridized carbons (Fsp3) is 0.667. The van der Waals surface area contributed by atoms with Crippen molar-refractivity contribution in [1.82, 2.24) is 5.32 Å². The van der Waals surface area contributed by atoms with E-state index in [1.165, 1.54) is 30.4 Å². The van der Waals surface area contributed by atoms with Crippen molar-refractivity contribution in [3.8, 4) is 0 Å². The normalized spacial score (nSPS) is 24.6. The van der Waals surface area contributed by atoms with Gasteiger partial charge in [0, 0.05) is 6.04 Å². The summed E-state index contributed by atoms with van der Waals surface area (Å²) in [6.07, 6.45) is 6.71. The van der Waals surface area contributed by atoms with Crippen LogP contribution in [0.25, 0.3) is 0 Å². The van der Waals surface area contributed by atoms with Crippen LogP contribution in [0.3, 0.4) is 0 Å². The molecule has 1 aromatic rings. The lowest BCUT2D eigenvalue weighted by Crippen LogP contribution is -2.34. The fourth-order valence-electron chi connectivity index (χ4n) is 3.17. The van der Waals surface area contributed by atoms with Crippen LogP contribution in [0.15, 0.2) is 24.3 Å². The lowest BCUT2D eigenvalue weighted by atomic mass is 9.87. The Bertz CT molecular complexity index is 404. The van der Waals surface area contributed by atoms with E-state index in [1.807, 2.05) is 0 Å².